The lowest BCUT2D eigenvalue weighted by atomic mass is 10.3. The van der Waals surface area contributed by atoms with Crippen LogP contribution in [0.5, 0.6) is 0 Å². The maximum atomic E-state index is 12.1. The second-order valence-electron chi connectivity index (χ2n) is 5.95. The Hall–Kier alpha value is -2.18. The first kappa shape index (κ1) is 14.7. The van der Waals surface area contributed by atoms with Gasteiger partial charge in [0.05, 0.1) is 6.54 Å². The Kier molecular flexibility index (Phi) is 4.22. The van der Waals surface area contributed by atoms with Crippen LogP contribution >= 0.6 is 0 Å². The van der Waals surface area contributed by atoms with Crippen LogP contribution in [0.4, 0.5) is 5.95 Å². The molecule has 1 saturated carbocycles. The SMILES string of the molecule is C[C@H]1C[C@@H]1C(=O)NCC(=O)N1CCN(c2ncccn2)CC1. The molecule has 1 N–H and O–H groups in total. The molecule has 2 atom stereocenters. The van der Waals surface area contributed by atoms with Crippen LogP contribution in [0.1, 0.15) is 13.3 Å². The van der Waals surface area contributed by atoms with Crippen molar-refractivity contribution in [2.75, 3.05) is 37.6 Å². The van der Waals surface area contributed by atoms with Crippen molar-refractivity contribution in [3.05, 3.63) is 18.5 Å². The van der Waals surface area contributed by atoms with Gasteiger partial charge in [0, 0.05) is 44.5 Å². The van der Waals surface area contributed by atoms with Crippen molar-refractivity contribution in [1.82, 2.24) is 20.2 Å². The monoisotopic (exact) mass is 303 g/mol. The molecule has 2 amide bonds. The molecule has 2 heterocycles. The maximum absolute atomic E-state index is 12.1. The van der Waals surface area contributed by atoms with E-state index < -0.39 is 0 Å². The third-order valence-corrected chi connectivity index (χ3v) is 4.33. The van der Waals surface area contributed by atoms with Gasteiger partial charge in [0.25, 0.3) is 0 Å². The zero-order valence-electron chi connectivity index (χ0n) is 12.7. The van der Waals surface area contributed by atoms with Crippen LogP contribution in [0.25, 0.3) is 0 Å². The van der Waals surface area contributed by atoms with Gasteiger partial charge in [-0.1, -0.05) is 6.92 Å². The number of anilines is 1. The molecule has 0 aromatic carbocycles. The number of amides is 2. The second kappa shape index (κ2) is 6.29. The van der Waals surface area contributed by atoms with E-state index in [2.05, 4.69) is 27.1 Å². The maximum Gasteiger partial charge on any atom is 0.242 e. The zero-order chi connectivity index (χ0) is 15.5. The highest BCUT2D eigenvalue weighted by Crippen LogP contribution is 2.37. The van der Waals surface area contributed by atoms with Gasteiger partial charge < -0.3 is 15.1 Å². The number of rotatable bonds is 4. The van der Waals surface area contributed by atoms with Crippen molar-refractivity contribution < 1.29 is 9.59 Å². The Labute approximate surface area is 129 Å². The Morgan fingerprint density at radius 2 is 1.86 bits per heavy atom. The summed E-state index contributed by atoms with van der Waals surface area (Å²) in [4.78, 5) is 36.2. The second-order valence-corrected chi connectivity index (χ2v) is 5.95. The minimum Gasteiger partial charge on any atom is -0.347 e. The molecule has 0 spiro atoms. The number of aromatic nitrogens is 2. The summed E-state index contributed by atoms with van der Waals surface area (Å²) in [6.07, 6.45) is 4.37. The summed E-state index contributed by atoms with van der Waals surface area (Å²) in [5.74, 6) is 1.27. The van der Waals surface area contributed by atoms with Gasteiger partial charge in [0.1, 0.15) is 0 Å². The Bertz CT molecular complexity index is 542. The molecule has 1 saturated heterocycles. The van der Waals surface area contributed by atoms with Crippen molar-refractivity contribution in [3.8, 4) is 0 Å². The molecular weight excluding hydrogens is 282 g/mol. The molecule has 2 aliphatic rings. The number of carbonyl (C=O) groups excluding carboxylic acids is 2. The molecule has 1 aliphatic heterocycles. The fraction of sp³-hybridized carbons (Fsp3) is 0.600. The lowest BCUT2D eigenvalue weighted by Gasteiger charge is -2.34. The van der Waals surface area contributed by atoms with Gasteiger partial charge in [0.2, 0.25) is 17.8 Å². The minimum absolute atomic E-state index is 0.0113. The minimum atomic E-state index is -0.0183. The van der Waals surface area contributed by atoms with Gasteiger partial charge in [-0.25, -0.2) is 9.97 Å². The van der Waals surface area contributed by atoms with Gasteiger partial charge in [-0.3, -0.25) is 9.59 Å². The predicted molar refractivity (Wildman–Crippen MR) is 81.1 cm³/mol. The molecule has 1 aliphatic carbocycles. The highest BCUT2D eigenvalue weighted by molar-refractivity contribution is 5.87. The Morgan fingerprint density at radius 1 is 1.23 bits per heavy atom. The van der Waals surface area contributed by atoms with Crippen molar-refractivity contribution in [2.45, 2.75) is 13.3 Å². The molecule has 3 rings (SSSR count). The average Bonchev–Trinajstić information content (AvgIpc) is 3.30. The molecule has 118 valence electrons. The number of nitrogens with zero attached hydrogens (tertiary/aromatic N) is 4. The summed E-state index contributed by atoms with van der Waals surface area (Å²) in [5.41, 5.74) is 0. The van der Waals surface area contributed by atoms with Crippen LogP contribution in [0, 0.1) is 11.8 Å². The first-order valence-electron chi connectivity index (χ1n) is 7.72. The first-order valence-corrected chi connectivity index (χ1v) is 7.72. The van der Waals surface area contributed by atoms with E-state index in [-0.39, 0.29) is 24.3 Å². The van der Waals surface area contributed by atoms with Crippen LogP contribution in [-0.2, 0) is 9.59 Å². The fourth-order valence-corrected chi connectivity index (χ4v) is 2.70. The Balaban J connectivity index is 1.43. The number of nitrogens with one attached hydrogen (secondary N) is 1. The van der Waals surface area contributed by atoms with Gasteiger partial charge in [0.15, 0.2) is 0 Å². The van der Waals surface area contributed by atoms with E-state index in [1.165, 1.54) is 0 Å². The largest absolute Gasteiger partial charge is 0.347 e. The van der Waals surface area contributed by atoms with Gasteiger partial charge >= 0.3 is 0 Å². The summed E-state index contributed by atoms with van der Waals surface area (Å²) in [6.45, 7) is 4.84. The predicted octanol–water partition coefficient (Wildman–Crippen LogP) is -0.103. The molecular formula is C15H21N5O2. The standard InChI is InChI=1S/C15H21N5O2/c1-11-9-12(11)14(22)18-10-13(21)19-5-7-20(8-6-19)15-16-3-2-4-17-15/h2-4,11-12H,5-10H2,1H3,(H,18,22)/t11-,12-/m0/s1. The van der Waals surface area contributed by atoms with Crippen molar-refractivity contribution in [1.29, 1.82) is 0 Å². The normalized spacial score (nSPS) is 24.0. The third kappa shape index (κ3) is 3.35. The number of piperazine rings is 1. The summed E-state index contributed by atoms with van der Waals surface area (Å²) >= 11 is 0. The molecule has 7 heteroatoms. The molecule has 0 radical (unpaired) electrons. The summed E-state index contributed by atoms with van der Waals surface area (Å²) in [5, 5.41) is 2.75. The van der Waals surface area contributed by atoms with E-state index in [4.69, 9.17) is 0 Å². The van der Waals surface area contributed by atoms with E-state index >= 15 is 0 Å². The summed E-state index contributed by atoms with van der Waals surface area (Å²) in [7, 11) is 0. The average molecular weight is 303 g/mol. The van der Waals surface area contributed by atoms with E-state index in [1.54, 1.807) is 23.4 Å². The number of carbonyl (C=O) groups is 2. The first-order chi connectivity index (χ1) is 10.6. The van der Waals surface area contributed by atoms with E-state index in [0.29, 0.717) is 38.0 Å². The topological polar surface area (TPSA) is 78.4 Å². The third-order valence-electron chi connectivity index (χ3n) is 4.33. The summed E-state index contributed by atoms with van der Waals surface area (Å²) < 4.78 is 0. The van der Waals surface area contributed by atoms with Gasteiger partial charge in [-0.05, 0) is 18.4 Å². The molecule has 0 unspecified atom stereocenters. The molecule has 7 nitrogen and oxygen atoms in total. The molecule has 1 aromatic heterocycles. The lowest BCUT2D eigenvalue weighted by Crippen LogP contribution is -2.51. The van der Waals surface area contributed by atoms with Crippen molar-refractivity contribution in [3.63, 3.8) is 0 Å². The van der Waals surface area contributed by atoms with Crippen LogP contribution in [-0.4, -0.2) is 59.4 Å². The number of hydrogen-bond donors (Lipinski definition) is 1. The Morgan fingerprint density at radius 3 is 2.45 bits per heavy atom. The van der Waals surface area contributed by atoms with Crippen LogP contribution in [0.2, 0.25) is 0 Å². The highest BCUT2D eigenvalue weighted by Gasteiger charge is 2.39. The fourth-order valence-electron chi connectivity index (χ4n) is 2.70. The molecule has 1 aromatic rings. The molecule has 0 bridgehead atoms. The van der Waals surface area contributed by atoms with Gasteiger partial charge in [-0.2, -0.15) is 0 Å². The number of hydrogen-bond acceptors (Lipinski definition) is 5. The highest BCUT2D eigenvalue weighted by atomic mass is 16.2. The van der Waals surface area contributed by atoms with Crippen LogP contribution in [0.3, 0.4) is 0 Å². The quantitative estimate of drug-likeness (QED) is 0.840. The van der Waals surface area contributed by atoms with Crippen molar-refractivity contribution >= 4 is 17.8 Å². The smallest absolute Gasteiger partial charge is 0.242 e. The summed E-state index contributed by atoms with van der Waals surface area (Å²) in [6, 6.07) is 1.78. The molecule has 2 fully saturated rings. The van der Waals surface area contributed by atoms with E-state index in [9.17, 15) is 9.59 Å². The molecule has 22 heavy (non-hydrogen) atoms. The van der Waals surface area contributed by atoms with Gasteiger partial charge in [-0.15, -0.1) is 0 Å². The van der Waals surface area contributed by atoms with Crippen LogP contribution in [0.15, 0.2) is 18.5 Å². The van der Waals surface area contributed by atoms with E-state index in [0.717, 1.165) is 6.42 Å². The lowest BCUT2D eigenvalue weighted by molar-refractivity contribution is -0.133. The van der Waals surface area contributed by atoms with E-state index in [1.807, 2.05) is 0 Å². The zero-order valence-corrected chi connectivity index (χ0v) is 12.7. The van der Waals surface area contributed by atoms with Crippen molar-refractivity contribution in [2.24, 2.45) is 11.8 Å². The van der Waals surface area contributed by atoms with Crippen LogP contribution < -0.4 is 10.2 Å².